The van der Waals surface area contributed by atoms with Gasteiger partial charge in [-0.15, -0.1) is 0 Å². The molecule has 0 spiro atoms. The van der Waals surface area contributed by atoms with Crippen molar-refractivity contribution in [1.82, 2.24) is 0 Å². The lowest BCUT2D eigenvalue weighted by molar-refractivity contribution is -0.159. The minimum atomic E-state index is -0.770. The van der Waals surface area contributed by atoms with Gasteiger partial charge >= 0.3 is 5.97 Å². The molecule has 0 aromatic heterocycles. The Labute approximate surface area is 112 Å². The molecule has 0 bridgehead atoms. The molecule has 0 saturated carbocycles. The van der Waals surface area contributed by atoms with E-state index in [2.05, 4.69) is 0 Å². The van der Waals surface area contributed by atoms with E-state index in [0.29, 0.717) is 17.7 Å². The molecule has 0 amide bonds. The summed E-state index contributed by atoms with van der Waals surface area (Å²) in [4.78, 5) is 11.9. The quantitative estimate of drug-likeness (QED) is 0.782. The minimum absolute atomic E-state index is 0.0855. The van der Waals surface area contributed by atoms with Crippen LogP contribution in [0.1, 0.15) is 24.2 Å². The number of ether oxygens (including phenoxy) is 4. The molecule has 1 aromatic carbocycles. The first-order chi connectivity index (χ1) is 9.12. The lowest BCUT2D eigenvalue weighted by Gasteiger charge is -2.31. The number of benzene rings is 1. The van der Waals surface area contributed by atoms with Crippen LogP contribution in [0.4, 0.5) is 0 Å². The van der Waals surface area contributed by atoms with Crippen LogP contribution in [-0.2, 0) is 20.7 Å². The van der Waals surface area contributed by atoms with E-state index in [9.17, 15) is 4.79 Å². The molecule has 1 aliphatic heterocycles. The summed E-state index contributed by atoms with van der Waals surface area (Å²) in [6, 6.07) is 3.61. The molecule has 19 heavy (non-hydrogen) atoms. The third-order valence-corrected chi connectivity index (χ3v) is 3.25. The molecule has 1 aromatic rings. The second-order valence-electron chi connectivity index (χ2n) is 4.42. The summed E-state index contributed by atoms with van der Waals surface area (Å²) in [6.45, 7) is 1.91. The monoisotopic (exact) mass is 266 g/mol. The highest BCUT2D eigenvalue weighted by Crippen LogP contribution is 2.41. The van der Waals surface area contributed by atoms with E-state index >= 15 is 0 Å². The molecule has 1 aliphatic rings. The summed E-state index contributed by atoms with van der Waals surface area (Å²) in [7, 11) is 4.51. The second kappa shape index (κ2) is 5.48. The van der Waals surface area contributed by atoms with Gasteiger partial charge in [-0.3, -0.25) is 0 Å². The zero-order valence-electron chi connectivity index (χ0n) is 11.6. The van der Waals surface area contributed by atoms with E-state index in [1.165, 1.54) is 7.11 Å². The van der Waals surface area contributed by atoms with Gasteiger partial charge in [0.25, 0.3) is 0 Å². The van der Waals surface area contributed by atoms with Gasteiger partial charge in [-0.25, -0.2) is 4.79 Å². The topological polar surface area (TPSA) is 54.0 Å². The zero-order chi connectivity index (χ0) is 14.0. The zero-order valence-corrected chi connectivity index (χ0v) is 11.6. The molecule has 2 atom stereocenters. The van der Waals surface area contributed by atoms with E-state index in [1.54, 1.807) is 20.3 Å². The fourth-order valence-corrected chi connectivity index (χ4v) is 2.41. The summed E-state index contributed by atoms with van der Waals surface area (Å²) in [5.41, 5.74) is 1.64. The average molecular weight is 266 g/mol. The van der Waals surface area contributed by atoms with Crippen molar-refractivity contribution in [3.05, 3.63) is 23.3 Å². The Hall–Kier alpha value is -1.75. The highest BCUT2D eigenvalue weighted by Gasteiger charge is 2.36. The van der Waals surface area contributed by atoms with Crippen molar-refractivity contribution >= 4 is 5.97 Å². The van der Waals surface area contributed by atoms with Crippen LogP contribution in [0.2, 0.25) is 0 Å². The Balaban J connectivity index is 2.59. The molecule has 5 nitrogen and oxygen atoms in total. The number of methoxy groups -OCH3 is 3. The Morgan fingerprint density at radius 2 is 1.84 bits per heavy atom. The molecule has 2 unspecified atom stereocenters. The number of esters is 1. The second-order valence-corrected chi connectivity index (χ2v) is 4.42. The Morgan fingerprint density at radius 1 is 1.21 bits per heavy atom. The van der Waals surface area contributed by atoms with Crippen LogP contribution < -0.4 is 9.47 Å². The van der Waals surface area contributed by atoms with E-state index < -0.39 is 12.1 Å². The first kappa shape index (κ1) is 13.7. The van der Waals surface area contributed by atoms with Gasteiger partial charge in [-0.05, 0) is 19.1 Å². The van der Waals surface area contributed by atoms with Gasteiger partial charge in [0.15, 0.2) is 6.10 Å². The molecule has 5 heteroatoms. The molecule has 0 radical (unpaired) electrons. The fraction of sp³-hybridized carbons (Fsp3) is 0.500. The van der Waals surface area contributed by atoms with Crippen LogP contribution in [-0.4, -0.2) is 33.4 Å². The van der Waals surface area contributed by atoms with Gasteiger partial charge < -0.3 is 18.9 Å². The highest BCUT2D eigenvalue weighted by molar-refractivity contribution is 5.79. The molecule has 0 fully saturated rings. The summed E-state index contributed by atoms with van der Waals surface area (Å²) in [5.74, 6) is 0.914. The van der Waals surface area contributed by atoms with Gasteiger partial charge in [0.05, 0.1) is 27.4 Å². The van der Waals surface area contributed by atoms with Crippen LogP contribution in [0.25, 0.3) is 0 Å². The third-order valence-electron chi connectivity index (χ3n) is 3.25. The largest absolute Gasteiger partial charge is 0.496 e. The number of rotatable bonds is 3. The maximum absolute atomic E-state index is 11.9. The van der Waals surface area contributed by atoms with Gasteiger partial charge in [-0.1, -0.05) is 0 Å². The van der Waals surface area contributed by atoms with Gasteiger partial charge in [0, 0.05) is 17.5 Å². The van der Waals surface area contributed by atoms with Crippen molar-refractivity contribution in [3.8, 4) is 11.5 Å². The van der Waals surface area contributed by atoms with Crippen LogP contribution in [0.5, 0.6) is 11.5 Å². The number of carbonyl (C=O) groups is 1. The smallest absolute Gasteiger partial charge is 0.339 e. The van der Waals surface area contributed by atoms with Crippen molar-refractivity contribution in [2.75, 3.05) is 21.3 Å². The third kappa shape index (κ3) is 2.38. The van der Waals surface area contributed by atoms with Crippen LogP contribution >= 0.6 is 0 Å². The van der Waals surface area contributed by atoms with Crippen molar-refractivity contribution in [2.24, 2.45) is 0 Å². The standard InChI is InChI=1S/C14H18O5/c1-8-7-9-10(16-2)5-6-11(17-3)12(9)13(19-8)14(15)18-4/h5-6,8,13H,7H2,1-4H3. The fourth-order valence-electron chi connectivity index (χ4n) is 2.41. The van der Waals surface area contributed by atoms with Gasteiger partial charge in [0.1, 0.15) is 11.5 Å². The Morgan fingerprint density at radius 3 is 2.42 bits per heavy atom. The van der Waals surface area contributed by atoms with Crippen molar-refractivity contribution in [1.29, 1.82) is 0 Å². The molecule has 0 aliphatic carbocycles. The normalized spacial score (nSPS) is 21.5. The average Bonchev–Trinajstić information content (AvgIpc) is 2.44. The first-order valence-electron chi connectivity index (χ1n) is 6.09. The SMILES string of the molecule is COC(=O)C1OC(C)Cc2c(OC)ccc(OC)c21. The summed E-state index contributed by atoms with van der Waals surface area (Å²) in [6.07, 6.45) is -0.185. The summed E-state index contributed by atoms with van der Waals surface area (Å²) >= 11 is 0. The molecular weight excluding hydrogens is 248 g/mol. The highest BCUT2D eigenvalue weighted by atomic mass is 16.6. The number of hydrogen-bond donors (Lipinski definition) is 0. The summed E-state index contributed by atoms with van der Waals surface area (Å²) < 4.78 is 21.2. The number of fused-ring (bicyclic) bond motifs is 1. The van der Waals surface area contributed by atoms with E-state index in [0.717, 1.165) is 11.3 Å². The number of carbonyl (C=O) groups excluding carboxylic acids is 1. The minimum Gasteiger partial charge on any atom is -0.496 e. The van der Waals surface area contributed by atoms with Crippen molar-refractivity contribution < 1.29 is 23.7 Å². The molecule has 0 saturated heterocycles. The maximum atomic E-state index is 11.9. The van der Waals surface area contributed by atoms with Gasteiger partial charge in [-0.2, -0.15) is 0 Å². The Kier molecular flexibility index (Phi) is 3.95. The van der Waals surface area contributed by atoms with Crippen molar-refractivity contribution in [3.63, 3.8) is 0 Å². The van der Waals surface area contributed by atoms with E-state index in [1.807, 2.05) is 13.0 Å². The Bertz CT molecular complexity index is 483. The van der Waals surface area contributed by atoms with Gasteiger partial charge in [0.2, 0.25) is 0 Å². The predicted molar refractivity (Wildman–Crippen MR) is 68.6 cm³/mol. The van der Waals surface area contributed by atoms with E-state index in [4.69, 9.17) is 18.9 Å². The molecular formula is C14H18O5. The molecule has 104 valence electrons. The maximum Gasteiger partial charge on any atom is 0.339 e. The number of hydrogen-bond acceptors (Lipinski definition) is 5. The lowest BCUT2D eigenvalue weighted by atomic mass is 9.92. The van der Waals surface area contributed by atoms with Crippen LogP contribution in [0.3, 0.4) is 0 Å². The summed E-state index contributed by atoms with van der Waals surface area (Å²) in [5, 5.41) is 0. The van der Waals surface area contributed by atoms with Crippen LogP contribution in [0.15, 0.2) is 12.1 Å². The molecule has 0 N–H and O–H groups in total. The van der Waals surface area contributed by atoms with Crippen molar-refractivity contribution in [2.45, 2.75) is 25.6 Å². The molecule has 2 rings (SSSR count). The first-order valence-corrected chi connectivity index (χ1v) is 6.09. The van der Waals surface area contributed by atoms with Crippen LogP contribution in [0, 0.1) is 0 Å². The van der Waals surface area contributed by atoms with E-state index in [-0.39, 0.29) is 6.10 Å². The predicted octanol–water partition coefficient (Wildman–Crippen LogP) is 1.88. The molecule has 1 heterocycles. The lowest BCUT2D eigenvalue weighted by Crippen LogP contribution is -2.30.